The van der Waals surface area contributed by atoms with Crippen molar-refractivity contribution in [1.29, 1.82) is 0 Å². The lowest BCUT2D eigenvalue weighted by atomic mass is 10.3. The first-order valence-electron chi connectivity index (χ1n) is 4.14. The maximum atomic E-state index is 11.4. The molecule has 70 valence electrons. The number of carbonyl (C=O) groups is 1. The van der Waals surface area contributed by atoms with E-state index >= 15 is 0 Å². The Kier molecular flexibility index (Phi) is 3.05. The van der Waals surface area contributed by atoms with Crippen molar-refractivity contribution in [2.45, 2.75) is 25.6 Å². The quantitative estimate of drug-likeness (QED) is 0.619. The average molecular weight is 173 g/mol. The maximum absolute atomic E-state index is 11.4. The molecule has 1 saturated heterocycles. The summed E-state index contributed by atoms with van der Waals surface area (Å²) in [6.45, 7) is 2.81. The Hall–Kier alpha value is -0.610. The first-order valence-corrected chi connectivity index (χ1v) is 4.14. The van der Waals surface area contributed by atoms with Crippen molar-refractivity contribution in [3.8, 4) is 0 Å². The molecule has 2 atom stereocenters. The number of methoxy groups -OCH3 is 1. The fourth-order valence-corrected chi connectivity index (χ4v) is 1.30. The molecule has 1 fully saturated rings. The molecule has 0 bridgehead atoms. The number of ether oxygens (including phenoxy) is 1. The zero-order valence-electron chi connectivity index (χ0n) is 7.49. The highest BCUT2D eigenvalue weighted by molar-refractivity contribution is 5.80. The molecular formula is C8H15NO3. The second-order valence-corrected chi connectivity index (χ2v) is 3.10. The number of aliphatic hydroxyl groups is 1. The van der Waals surface area contributed by atoms with Crippen molar-refractivity contribution >= 4 is 5.91 Å². The largest absolute Gasteiger partial charge is 0.391 e. The fourth-order valence-electron chi connectivity index (χ4n) is 1.30. The Morgan fingerprint density at radius 1 is 1.75 bits per heavy atom. The van der Waals surface area contributed by atoms with Crippen LogP contribution in [0.3, 0.4) is 0 Å². The molecule has 1 unspecified atom stereocenters. The Morgan fingerprint density at radius 2 is 2.42 bits per heavy atom. The number of rotatable bonds is 2. The highest BCUT2D eigenvalue weighted by Crippen LogP contribution is 2.10. The van der Waals surface area contributed by atoms with Crippen LogP contribution in [0.15, 0.2) is 0 Å². The molecular weight excluding hydrogens is 158 g/mol. The van der Waals surface area contributed by atoms with Gasteiger partial charge in [-0.25, -0.2) is 0 Å². The van der Waals surface area contributed by atoms with Gasteiger partial charge in [-0.3, -0.25) is 4.79 Å². The molecule has 1 rings (SSSR count). The summed E-state index contributed by atoms with van der Waals surface area (Å²) >= 11 is 0. The third kappa shape index (κ3) is 1.95. The van der Waals surface area contributed by atoms with Crippen LogP contribution >= 0.6 is 0 Å². The molecule has 4 nitrogen and oxygen atoms in total. The van der Waals surface area contributed by atoms with E-state index in [1.807, 2.05) is 0 Å². The van der Waals surface area contributed by atoms with Crippen LogP contribution in [-0.2, 0) is 9.53 Å². The summed E-state index contributed by atoms with van der Waals surface area (Å²) in [5, 5.41) is 9.17. The fraction of sp³-hybridized carbons (Fsp3) is 0.875. The predicted molar refractivity (Wildman–Crippen MR) is 43.7 cm³/mol. The minimum atomic E-state index is -0.393. The number of hydrogen-bond acceptors (Lipinski definition) is 3. The number of carbonyl (C=O) groups excluding carboxylic acids is 1. The zero-order valence-corrected chi connectivity index (χ0v) is 7.49. The van der Waals surface area contributed by atoms with Crippen molar-refractivity contribution in [3.63, 3.8) is 0 Å². The molecule has 1 N–H and O–H groups in total. The number of aliphatic hydroxyl groups excluding tert-OH is 1. The van der Waals surface area contributed by atoms with Crippen molar-refractivity contribution < 1.29 is 14.6 Å². The van der Waals surface area contributed by atoms with Gasteiger partial charge in [-0.05, 0) is 13.3 Å². The van der Waals surface area contributed by atoms with Gasteiger partial charge in [0.2, 0.25) is 0 Å². The van der Waals surface area contributed by atoms with Crippen LogP contribution < -0.4 is 0 Å². The van der Waals surface area contributed by atoms with Gasteiger partial charge in [-0.1, -0.05) is 0 Å². The van der Waals surface area contributed by atoms with Crippen LogP contribution in [0.1, 0.15) is 13.3 Å². The molecule has 1 aliphatic rings. The van der Waals surface area contributed by atoms with Gasteiger partial charge in [0.05, 0.1) is 6.10 Å². The number of β-amino-alcohol motifs (C(OH)–C–C–N with tert-alkyl or cyclic N) is 1. The van der Waals surface area contributed by atoms with Crippen LogP contribution in [0.5, 0.6) is 0 Å². The first kappa shape index (κ1) is 9.48. The number of nitrogens with zero attached hydrogens (tertiary/aromatic N) is 1. The summed E-state index contributed by atoms with van der Waals surface area (Å²) in [4.78, 5) is 13.0. The highest BCUT2D eigenvalue weighted by Gasteiger charge is 2.27. The zero-order chi connectivity index (χ0) is 9.14. The van der Waals surface area contributed by atoms with E-state index in [4.69, 9.17) is 9.84 Å². The van der Waals surface area contributed by atoms with Crippen molar-refractivity contribution in [3.05, 3.63) is 0 Å². The molecule has 0 aliphatic carbocycles. The van der Waals surface area contributed by atoms with Gasteiger partial charge in [-0.2, -0.15) is 0 Å². The van der Waals surface area contributed by atoms with Gasteiger partial charge >= 0.3 is 0 Å². The monoisotopic (exact) mass is 173 g/mol. The molecule has 0 aromatic rings. The molecule has 12 heavy (non-hydrogen) atoms. The van der Waals surface area contributed by atoms with Gasteiger partial charge in [0.15, 0.2) is 0 Å². The lowest BCUT2D eigenvalue weighted by Crippen LogP contribution is -2.37. The molecule has 0 radical (unpaired) electrons. The second-order valence-electron chi connectivity index (χ2n) is 3.10. The van der Waals surface area contributed by atoms with E-state index in [0.29, 0.717) is 19.5 Å². The molecule has 0 spiro atoms. The van der Waals surface area contributed by atoms with Crippen molar-refractivity contribution in [1.82, 2.24) is 4.90 Å². The Labute approximate surface area is 72.1 Å². The third-order valence-corrected chi connectivity index (χ3v) is 2.18. The Morgan fingerprint density at radius 3 is 2.83 bits per heavy atom. The first-order chi connectivity index (χ1) is 5.65. The SMILES string of the molecule is COC(C)C(=O)N1CC[C@@H](O)C1. The minimum absolute atomic E-state index is 0.0333. The summed E-state index contributed by atoms with van der Waals surface area (Å²) < 4.78 is 4.89. The highest BCUT2D eigenvalue weighted by atomic mass is 16.5. The van der Waals surface area contributed by atoms with Crippen LogP contribution in [0.25, 0.3) is 0 Å². The van der Waals surface area contributed by atoms with E-state index in [-0.39, 0.29) is 12.0 Å². The van der Waals surface area contributed by atoms with E-state index in [2.05, 4.69) is 0 Å². The number of amides is 1. The summed E-state index contributed by atoms with van der Waals surface area (Å²) in [5.41, 5.74) is 0. The lowest BCUT2D eigenvalue weighted by Gasteiger charge is -2.19. The van der Waals surface area contributed by atoms with Gasteiger partial charge in [-0.15, -0.1) is 0 Å². The third-order valence-electron chi connectivity index (χ3n) is 2.18. The van der Waals surface area contributed by atoms with Crippen LogP contribution in [0.2, 0.25) is 0 Å². The molecule has 1 amide bonds. The standard InChI is InChI=1S/C8H15NO3/c1-6(12-2)8(11)9-4-3-7(10)5-9/h6-7,10H,3-5H2,1-2H3/t6?,7-/m1/s1. The van der Waals surface area contributed by atoms with Gasteiger partial charge in [0.25, 0.3) is 5.91 Å². The molecule has 0 aromatic heterocycles. The molecule has 0 saturated carbocycles. The number of likely N-dealkylation sites (tertiary alicyclic amines) is 1. The summed E-state index contributed by atoms with van der Waals surface area (Å²) in [6, 6.07) is 0. The normalized spacial score (nSPS) is 25.9. The van der Waals surface area contributed by atoms with Gasteiger partial charge in [0, 0.05) is 20.2 Å². The van der Waals surface area contributed by atoms with E-state index in [1.165, 1.54) is 7.11 Å². The molecule has 0 aromatic carbocycles. The predicted octanol–water partition coefficient (Wildman–Crippen LogP) is -0.386. The minimum Gasteiger partial charge on any atom is -0.391 e. The lowest BCUT2D eigenvalue weighted by molar-refractivity contribution is -0.140. The Bertz CT molecular complexity index is 172. The molecule has 1 heterocycles. The van der Waals surface area contributed by atoms with E-state index in [1.54, 1.807) is 11.8 Å². The van der Waals surface area contributed by atoms with E-state index in [9.17, 15) is 4.79 Å². The van der Waals surface area contributed by atoms with Crippen LogP contribution in [-0.4, -0.2) is 48.3 Å². The van der Waals surface area contributed by atoms with E-state index in [0.717, 1.165) is 0 Å². The topological polar surface area (TPSA) is 49.8 Å². The van der Waals surface area contributed by atoms with Crippen molar-refractivity contribution in [2.24, 2.45) is 0 Å². The van der Waals surface area contributed by atoms with Gasteiger partial charge < -0.3 is 14.7 Å². The summed E-state index contributed by atoms with van der Waals surface area (Å²) in [7, 11) is 1.51. The number of hydrogen-bond donors (Lipinski definition) is 1. The van der Waals surface area contributed by atoms with E-state index < -0.39 is 6.10 Å². The maximum Gasteiger partial charge on any atom is 0.251 e. The average Bonchev–Trinajstić information content (AvgIpc) is 2.49. The van der Waals surface area contributed by atoms with Crippen LogP contribution in [0.4, 0.5) is 0 Å². The second kappa shape index (κ2) is 3.87. The van der Waals surface area contributed by atoms with Crippen molar-refractivity contribution in [2.75, 3.05) is 20.2 Å². The Balaban J connectivity index is 2.43. The molecule has 1 aliphatic heterocycles. The van der Waals surface area contributed by atoms with Gasteiger partial charge in [0.1, 0.15) is 6.10 Å². The summed E-state index contributed by atoms with van der Waals surface area (Å²) in [6.07, 6.45) is -0.0596. The van der Waals surface area contributed by atoms with Crippen LogP contribution in [0, 0.1) is 0 Å². The summed E-state index contributed by atoms with van der Waals surface area (Å²) in [5.74, 6) is -0.0333. The smallest absolute Gasteiger partial charge is 0.251 e. The molecule has 4 heteroatoms.